The van der Waals surface area contributed by atoms with Crippen molar-refractivity contribution in [1.82, 2.24) is 0 Å². The van der Waals surface area contributed by atoms with Crippen molar-refractivity contribution in [2.45, 2.75) is 85.2 Å². The number of rotatable bonds is 9. The Morgan fingerprint density at radius 2 is 1.65 bits per heavy atom. The smallest absolute Gasteiger partial charge is 0.138 e. The van der Waals surface area contributed by atoms with Gasteiger partial charge in [0.05, 0.1) is 6.10 Å². The molecule has 17 heavy (non-hydrogen) atoms. The Hall–Kier alpha value is -0.370. The van der Waals surface area contributed by atoms with Crippen LogP contribution < -0.4 is 0 Å². The van der Waals surface area contributed by atoms with Crippen LogP contribution in [0.25, 0.3) is 0 Å². The van der Waals surface area contributed by atoms with Gasteiger partial charge in [-0.2, -0.15) is 0 Å². The van der Waals surface area contributed by atoms with Crippen LogP contribution >= 0.6 is 0 Å². The van der Waals surface area contributed by atoms with Crippen LogP contribution in [0.3, 0.4) is 0 Å². The SMILES string of the molecule is CCCCCCC(O)CCCC(=O)C(C)(C)C. The van der Waals surface area contributed by atoms with Crippen molar-refractivity contribution in [1.29, 1.82) is 0 Å². The Bertz CT molecular complexity index is 203. The third-order valence-electron chi connectivity index (χ3n) is 3.17. The lowest BCUT2D eigenvalue weighted by Gasteiger charge is -2.17. The lowest BCUT2D eigenvalue weighted by Crippen LogP contribution is -2.20. The summed E-state index contributed by atoms with van der Waals surface area (Å²) in [6.45, 7) is 8.05. The Balaban J connectivity index is 3.51. The average molecular weight is 242 g/mol. The summed E-state index contributed by atoms with van der Waals surface area (Å²) in [5.74, 6) is 0.302. The Kier molecular flexibility index (Phi) is 8.49. The van der Waals surface area contributed by atoms with E-state index in [0.717, 1.165) is 25.7 Å². The molecule has 0 rings (SSSR count). The van der Waals surface area contributed by atoms with Crippen LogP contribution in [0.5, 0.6) is 0 Å². The number of carbonyl (C=O) groups excluding carboxylic acids is 1. The third-order valence-corrected chi connectivity index (χ3v) is 3.17. The molecule has 102 valence electrons. The van der Waals surface area contributed by atoms with Crippen LogP contribution in [0.15, 0.2) is 0 Å². The highest BCUT2D eigenvalue weighted by Crippen LogP contribution is 2.19. The van der Waals surface area contributed by atoms with E-state index < -0.39 is 0 Å². The fraction of sp³-hybridized carbons (Fsp3) is 0.933. The molecule has 0 fully saturated rings. The number of aliphatic hydroxyl groups excluding tert-OH is 1. The van der Waals surface area contributed by atoms with Crippen LogP contribution in [-0.2, 0) is 4.79 Å². The second kappa shape index (κ2) is 8.68. The zero-order valence-electron chi connectivity index (χ0n) is 12.1. The van der Waals surface area contributed by atoms with Gasteiger partial charge in [0.25, 0.3) is 0 Å². The molecule has 0 bridgehead atoms. The van der Waals surface area contributed by atoms with E-state index in [1.807, 2.05) is 20.8 Å². The normalized spacial score (nSPS) is 13.7. The molecule has 0 radical (unpaired) electrons. The summed E-state index contributed by atoms with van der Waals surface area (Å²) in [6.07, 6.45) is 7.71. The van der Waals surface area contributed by atoms with Gasteiger partial charge in [-0.3, -0.25) is 4.79 Å². The topological polar surface area (TPSA) is 37.3 Å². The van der Waals surface area contributed by atoms with Crippen molar-refractivity contribution in [3.05, 3.63) is 0 Å². The number of unbranched alkanes of at least 4 members (excludes halogenated alkanes) is 3. The standard InChI is InChI=1S/C15H30O2/c1-5-6-7-8-10-13(16)11-9-12-14(17)15(2,3)4/h13,16H,5-12H2,1-4H3. The minimum atomic E-state index is -0.230. The van der Waals surface area contributed by atoms with Gasteiger partial charge in [-0.15, -0.1) is 0 Å². The highest BCUT2D eigenvalue weighted by atomic mass is 16.3. The van der Waals surface area contributed by atoms with Crippen molar-refractivity contribution in [3.63, 3.8) is 0 Å². The van der Waals surface area contributed by atoms with E-state index in [1.165, 1.54) is 19.3 Å². The predicted octanol–water partition coefficient (Wildman–Crippen LogP) is 4.10. The first-order valence-electron chi connectivity index (χ1n) is 7.09. The van der Waals surface area contributed by atoms with Gasteiger partial charge in [0, 0.05) is 11.8 Å². The first-order valence-corrected chi connectivity index (χ1v) is 7.09. The number of carbonyl (C=O) groups is 1. The maximum Gasteiger partial charge on any atom is 0.138 e. The van der Waals surface area contributed by atoms with Gasteiger partial charge in [0.1, 0.15) is 5.78 Å². The first kappa shape index (κ1) is 16.6. The number of hydrogen-bond acceptors (Lipinski definition) is 2. The van der Waals surface area contributed by atoms with Gasteiger partial charge in [-0.1, -0.05) is 53.4 Å². The van der Waals surface area contributed by atoms with Crippen molar-refractivity contribution >= 4 is 5.78 Å². The molecule has 0 aliphatic heterocycles. The molecule has 0 aromatic carbocycles. The average Bonchev–Trinajstić information content (AvgIpc) is 2.23. The van der Waals surface area contributed by atoms with Gasteiger partial charge >= 0.3 is 0 Å². The van der Waals surface area contributed by atoms with Gasteiger partial charge < -0.3 is 5.11 Å². The van der Waals surface area contributed by atoms with E-state index in [4.69, 9.17) is 0 Å². The molecule has 1 atom stereocenters. The van der Waals surface area contributed by atoms with E-state index in [2.05, 4.69) is 6.92 Å². The molecule has 2 heteroatoms. The highest BCUT2D eigenvalue weighted by molar-refractivity contribution is 5.83. The maximum atomic E-state index is 11.7. The molecule has 0 heterocycles. The minimum absolute atomic E-state index is 0.209. The molecule has 0 saturated carbocycles. The van der Waals surface area contributed by atoms with Gasteiger partial charge in [-0.05, 0) is 19.3 Å². The molecule has 0 spiro atoms. The maximum absolute atomic E-state index is 11.7. The summed E-state index contributed by atoms with van der Waals surface area (Å²) in [6, 6.07) is 0. The van der Waals surface area contributed by atoms with Crippen LogP contribution in [0.1, 0.15) is 79.1 Å². The number of hydrogen-bond donors (Lipinski definition) is 1. The fourth-order valence-electron chi connectivity index (χ4n) is 1.82. The molecule has 2 nitrogen and oxygen atoms in total. The van der Waals surface area contributed by atoms with Gasteiger partial charge in [0.15, 0.2) is 0 Å². The van der Waals surface area contributed by atoms with E-state index >= 15 is 0 Å². The van der Waals surface area contributed by atoms with Crippen molar-refractivity contribution in [3.8, 4) is 0 Å². The highest BCUT2D eigenvalue weighted by Gasteiger charge is 2.20. The van der Waals surface area contributed by atoms with Crippen LogP contribution in [0.2, 0.25) is 0 Å². The molecule has 0 saturated heterocycles. The third kappa shape index (κ3) is 9.34. The van der Waals surface area contributed by atoms with E-state index in [1.54, 1.807) is 0 Å². The Morgan fingerprint density at radius 3 is 2.18 bits per heavy atom. The molecular weight excluding hydrogens is 212 g/mol. The summed E-state index contributed by atoms with van der Waals surface area (Å²) < 4.78 is 0. The molecule has 0 aromatic rings. The second-order valence-corrected chi connectivity index (χ2v) is 6.07. The summed E-state index contributed by atoms with van der Waals surface area (Å²) in [4.78, 5) is 11.7. The fourth-order valence-corrected chi connectivity index (χ4v) is 1.82. The molecule has 1 N–H and O–H groups in total. The zero-order chi connectivity index (χ0) is 13.3. The quantitative estimate of drug-likeness (QED) is 0.618. The van der Waals surface area contributed by atoms with Crippen molar-refractivity contribution < 1.29 is 9.90 Å². The monoisotopic (exact) mass is 242 g/mol. The number of aliphatic hydroxyl groups is 1. The Morgan fingerprint density at radius 1 is 1.06 bits per heavy atom. The predicted molar refractivity (Wildman–Crippen MR) is 73.1 cm³/mol. The molecule has 0 amide bonds. The van der Waals surface area contributed by atoms with E-state index in [-0.39, 0.29) is 11.5 Å². The summed E-state index contributed by atoms with van der Waals surface area (Å²) >= 11 is 0. The van der Waals surface area contributed by atoms with Gasteiger partial charge in [-0.25, -0.2) is 0 Å². The lowest BCUT2D eigenvalue weighted by molar-refractivity contribution is -0.126. The molecule has 0 aliphatic carbocycles. The van der Waals surface area contributed by atoms with Crippen molar-refractivity contribution in [2.75, 3.05) is 0 Å². The van der Waals surface area contributed by atoms with Crippen LogP contribution in [-0.4, -0.2) is 17.0 Å². The second-order valence-electron chi connectivity index (χ2n) is 6.07. The van der Waals surface area contributed by atoms with Gasteiger partial charge in [0.2, 0.25) is 0 Å². The molecule has 0 aromatic heterocycles. The Labute approximate surface area is 107 Å². The summed E-state index contributed by atoms with van der Waals surface area (Å²) in [7, 11) is 0. The first-order chi connectivity index (χ1) is 7.88. The molecule has 1 unspecified atom stereocenters. The van der Waals surface area contributed by atoms with Crippen LogP contribution in [0.4, 0.5) is 0 Å². The van der Waals surface area contributed by atoms with E-state index in [0.29, 0.717) is 12.2 Å². The van der Waals surface area contributed by atoms with Crippen LogP contribution in [0, 0.1) is 5.41 Å². The lowest BCUT2D eigenvalue weighted by atomic mass is 9.87. The number of ketones is 1. The summed E-state index contributed by atoms with van der Waals surface area (Å²) in [5.41, 5.74) is -0.230. The minimum Gasteiger partial charge on any atom is -0.393 e. The van der Waals surface area contributed by atoms with E-state index in [9.17, 15) is 9.90 Å². The van der Waals surface area contributed by atoms with Crippen molar-refractivity contribution in [2.24, 2.45) is 5.41 Å². The largest absolute Gasteiger partial charge is 0.393 e. The summed E-state index contributed by atoms with van der Waals surface area (Å²) in [5, 5.41) is 9.75. The molecule has 0 aliphatic rings. The molecular formula is C15H30O2. The number of Topliss-reactive ketones (excluding diaryl/α,β-unsaturated/α-hetero) is 1. The zero-order valence-corrected chi connectivity index (χ0v) is 12.1.